The van der Waals surface area contributed by atoms with Gasteiger partial charge in [0.2, 0.25) is 0 Å². The first-order valence-electron chi connectivity index (χ1n) is 9.02. The molecular formula is C21H20N2O5. The first-order chi connectivity index (χ1) is 13.3. The summed E-state index contributed by atoms with van der Waals surface area (Å²) in [6, 6.07) is 14.5. The highest BCUT2D eigenvalue weighted by Gasteiger charge is 2.78. The van der Waals surface area contributed by atoms with Crippen LogP contribution in [0.4, 0.5) is 5.69 Å². The van der Waals surface area contributed by atoms with Gasteiger partial charge in [-0.2, -0.15) is 0 Å². The topological polar surface area (TPSA) is 102 Å². The molecule has 1 saturated heterocycles. The van der Waals surface area contributed by atoms with Gasteiger partial charge in [-0.1, -0.05) is 30.3 Å². The summed E-state index contributed by atoms with van der Waals surface area (Å²) in [5.41, 5.74) is 5.41. The zero-order chi connectivity index (χ0) is 20.1. The normalized spacial score (nSPS) is 25.4. The maximum Gasteiger partial charge on any atom is 0.351 e. The van der Waals surface area contributed by atoms with E-state index < -0.39 is 23.1 Å². The number of fused-ring (bicyclic) bond motifs is 1. The SMILES string of the molecule is CCOC(=O)[C@]1(C(N)=O)O[C@@]1(C)c1ccc(N2Cc3ccccc3C2=O)cc1. The average Bonchev–Trinajstić information content (AvgIpc) is 3.23. The molecule has 2 aromatic rings. The Kier molecular flexibility index (Phi) is 4.01. The van der Waals surface area contributed by atoms with Crippen molar-refractivity contribution in [2.45, 2.75) is 31.6 Å². The fraction of sp³-hybridized carbons (Fsp3) is 0.286. The van der Waals surface area contributed by atoms with Crippen LogP contribution in [0, 0.1) is 0 Å². The van der Waals surface area contributed by atoms with Crippen molar-refractivity contribution in [2.24, 2.45) is 5.73 Å². The minimum atomic E-state index is -1.83. The van der Waals surface area contributed by atoms with Crippen LogP contribution in [0.15, 0.2) is 48.5 Å². The van der Waals surface area contributed by atoms with Gasteiger partial charge in [0.15, 0.2) is 0 Å². The second-order valence-electron chi connectivity index (χ2n) is 7.00. The van der Waals surface area contributed by atoms with Gasteiger partial charge in [-0.15, -0.1) is 0 Å². The molecule has 1 fully saturated rings. The zero-order valence-corrected chi connectivity index (χ0v) is 15.6. The number of amides is 2. The smallest absolute Gasteiger partial charge is 0.351 e. The molecule has 28 heavy (non-hydrogen) atoms. The molecule has 2 atom stereocenters. The van der Waals surface area contributed by atoms with Crippen LogP contribution in [0.3, 0.4) is 0 Å². The van der Waals surface area contributed by atoms with E-state index in [1.54, 1.807) is 43.0 Å². The highest BCUT2D eigenvalue weighted by atomic mass is 16.7. The number of primary amides is 1. The molecule has 0 aliphatic carbocycles. The van der Waals surface area contributed by atoms with Gasteiger partial charge in [0.05, 0.1) is 13.2 Å². The van der Waals surface area contributed by atoms with E-state index in [-0.39, 0.29) is 12.5 Å². The van der Waals surface area contributed by atoms with Crippen molar-refractivity contribution in [1.82, 2.24) is 0 Å². The molecule has 2 N–H and O–H groups in total. The van der Waals surface area contributed by atoms with E-state index in [0.717, 1.165) is 11.3 Å². The van der Waals surface area contributed by atoms with Crippen LogP contribution in [0.2, 0.25) is 0 Å². The Labute approximate surface area is 162 Å². The molecule has 0 aromatic heterocycles. The molecule has 0 unspecified atom stereocenters. The molecule has 0 radical (unpaired) electrons. The van der Waals surface area contributed by atoms with Gasteiger partial charge in [-0.05, 0) is 43.2 Å². The summed E-state index contributed by atoms with van der Waals surface area (Å²) in [7, 11) is 0. The first-order valence-corrected chi connectivity index (χ1v) is 9.02. The zero-order valence-electron chi connectivity index (χ0n) is 15.6. The first kappa shape index (κ1) is 18.2. The maximum atomic E-state index is 12.6. The lowest BCUT2D eigenvalue weighted by Gasteiger charge is -2.18. The molecule has 0 saturated carbocycles. The lowest BCUT2D eigenvalue weighted by atomic mass is 9.87. The molecule has 2 aromatic carbocycles. The third kappa shape index (κ3) is 2.36. The molecule has 7 nitrogen and oxygen atoms in total. The quantitative estimate of drug-likeness (QED) is 0.485. The standard InChI is InChI=1S/C21H20N2O5/c1-3-27-19(26)21(18(22)25)20(2,28-21)14-8-10-15(11-9-14)23-12-13-6-4-5-7-16(13)17(23)24/h4-11H,3,12H2,1-2H3,(H2,22,25)/t20-,21-/m0/s1. The van der Waals surface area contributed by atoms with Crippen LogP contribution in [0.1, 0.15) is 35.3 Å². The van der Waals surface area contributed by atoms with E-state index in [0.29, 0.717) is 17.7 Å². The van der Waals surface area contributed by atoms with Gasteiger partial charge >= 0.3 is 5.97 Å². The van der Waals surface area contributed by atoms with Crippen LogP contribution in [-0.4, -0.2) is 30.0 Å². The fourth-order valence-electron chi connectivity index (χ4n) is 3.82. The van der Waals surface area contributed by atoms with E-state index in [1.807, 2.05) is 24.3 Å². The highest BCUT2D eigenvalue weighted by molar-refractivity contribution is 6.11. The fourth-order valence-corrected chi connectivity index (χ4v) is 3.82. The maximum absolute atomic E-state index is 12.6. The Balaban J connectivity index is 1.60. The van der Waals surface area contributed by atoms with Crippen LogP contribution in [0.5, 0.6) is 0 Å². The molecule has 0 spiro atoms. The number of carbonyl (C=O) groups is 3. The summed E-state index contributed by atoms with van der Waals surface area (Å²) in [6.45, 7) is 3.88. The summed E-state index contributed by atoms with van der Waals surface area (Å²) in [6.07, 6.45) is 0. The van der Waals surface area contributed by atoms with E-state index >= 15 is 0 Å². The lowest BCUT2D eigenvalue weighted by molar-refractivity contribution is -0.153. The third-order valence-corrected chi connectivity index (χ3v) is 5.45. The van der Waals surface area contributed by atoms with Gasteiger partial charge < -0.3 is 20.1 Å². The number of anilines is 1. The van der Waals surface area contributed by atoms with Gasteiger partial charge in [0, 0.05) is 11.3 Å². The number of hydrogen-bond acceptors (Lipinski definition) is 5. The minimum Gasteiger partial charge on any atom is -0.463 e. The Morgan fingerprint density at radius 2 is 1.86 bits per heavy atom. The third-order valence-electron chi connectivity index (χ3n) is 5.45. The summed E-state index contributed by atoms with van der Waals surface area (Å²) < 4.78 is 10.5. The summed E-state index contributed by atoms with van der Waals surface area (Å²) >= 11 is 0. The van der Waals surface area contributed by atoms with E-state index in [2.05, 4.69) is 0 Å². The average molecular weight is 380 g/mol. The predicted octanol–water partition coefficient (Wildman–Crippen LogP) is 1.88. The van der Waals surface area contributed by atoms with Crippen molar-refractivity contribution in [1.29, 1.82) is 0 Å². The predicted molar refractivity (Wildman–Crippen MR) is 100 cm³/mol. The van der Waals surface area contributed by atoms with Crippen LogP contribution >= 0.6 is 0 Å². The second kappa shape index (κ2) is 6.17. The van der Waals surface area contributed by atoms with Crippen molar-refractivity contribution in [3.05, 3.63) is 65.2 Å². The van der Waals surface area contributed by atoms with Crippen molar-refractivity contribution in [3.8, 4) is 0 Å². The van der Waals surface area contributed by atoms with Crippen molar-refractivity contribution in [3.63, 3.8) is 0 Å². The molecule has 4 rings (SSSR count). The number of ether oxygens (including phenoxy) is 2. The van der Waals surface area contributed by atoms with Crippen LogP contribution in [0.25, 0.3) is 0 Å². The highest BCUT2D eigenvalue weighted by Crippen LogP contribution is 2.56. The Morgan fingerprint density at radius 3 is 2.46 bits per heavy atom. The van der Waals surface area contributed by atoms with Gasteiger partial charge in [0.25, 0.3) is 17.4 Å². The molecule has 2 heterocycles. The Hall–Kier alpha value is -3.19. The Bertz CT molecular complexity index is 987. The van der Waals surface area contributed by atoms with Gasteiger partial charge in [0.1, 0.15) is 5.60 Å². The number of hydrogen-bond donors (Lipinski definition) is 1. The molecule has 2 aliphatic rings. The largest absolute Gasteiger partial charge is 0.463 e. The van der Waals surface area contributed by atoms with Crippen molar-refractivity contribution in [2.75, 3.05) is 11.5 Å². The van der Waals surface area contributed by atoms with Crippen molar-refractivity contribution >= 4 is 23.5 Å². The molecule has 144 valence electrons. The Morgan fingerprint density at radius 1 is 1.18 bits per heavy atom. The lowest BCUT2D eigenvalue weighted by Crippen LogP contribution is -2.45. The molecule has 0 bridgehead atoms. The monoisotopic (exact) mass is 380 g/mol. The van der Waals surface area contributed by atoms with Gasteiger partial charge in [-0.25, -0.2) is 4.79 Å². The summed E-state index contributed by atoms with van der Waals surface area (Å²) in [5, 5.41) is 0. The molecule has 2 amide bonds. The minimum absolute atomic E-state index is 0.0600. The number of rotatable bonds is 5. The van der Waals surface area contributed by atoms with Crippen LogP contribution in [-0.2, 0) is 31.2 Å². The molecule has 7 heteroatoms. The molecular weight excluding hydrogens is 360 g/mol. The molecule has 2 aliphatic heterocycles. The van der Waals surface area contributed by atoms with Crippen molar-refractivity contribution < 1.29 is 23.9 Å². The number of esters is 1. The van der Waals surface area contributed by atoms with Crippen LogP contribution < -0.4 is 10.6 Å². The number of nitrogens with two attached hydrogens (primary N) is 1. The number of epoxide rings is 1. The van der Waals surface area contributed by atoms with Gasteiger partial charge in [-0.3, -0.25) is 9.59 Å². The van der Waals surface area contributed by atoms with E-state index in [4.69, 9.17) is 15.2 Å². The number of carbonyl (C=O) groups excluding carboxylic acids is 3. The second-order valence-corrected chi connectivity index (χ2v) is 7.00. The van der Waals surface area contributed by atoms with E-state index in [9.17, 15) is 14.4 Å². The number of benzene rings is 2. The summed E-state index contributed by atoms with van der Waals surface area (Å²) in [4.78, 5) is 38.6. The van der Waals surface area contributed by atoms with E-state index in [1.165, 1.54) is 0 Å². The number of nitrogens with zero attached hydrogens (tertiary/aromatic N) is 1. The summed E-state index contributed by atoms with van der Waals surface area (Å²) in [5.74, 6) is -1.74.